The number of halogens is 2. The molecule has 1 unspecified atom stereocenters. The number of carbonyl (C=O) groups is 1. The van der Waals surface area contributed by atoms with Gasteiger partial charge in [0.1, 0.15) is 18.6 Å². The van der Waals surface area contributed by atoms with Crippen LogP contribution in [-0.4, -0.2) is 115 Å². The molecule has 3 fully saturated rings. The maximum Gasteiger partial charge on any atom is 0.318 e. The maximum atomic E-state index is 13.6. The third-order valence-corrected chi connectivity index (χ3v) is 10.8. The van der Waals surface area contributed by atoms with Gasteiger partial charge in [-0.15, -0.1) is 0 Å². The fourth-order valence-corrected chi connectivity index (χ4v) is 8.07. The van der Waals surface area contributed by atoms with E-state index in [1.807, 2.05) is 23.1 Å². The zero-order valence-corrected chi connectivity index (χ0v) is 28.9. The van der Waals surface area contributed by atoms with E-state index >= 15 is 0 Å². The van der Waals surface area contributed by atoms with Gasteiger partial charge in [-0.1, -0.05) is 41.9 Å². The van der Waals surface area contributed by atoms with Crippen molar-refractivity contribution in [2.24, 2.45) is 0 Å². The molecule has 1 amide bonds. The number of amides is 1. The van der Waals surface area contributed by atoms with Crippen LogP contribution in [0.3, 0.4) is 0 Å². The number of alkyl halides is 1. The van der Waals surface area contributed by atoms with Gasteiger partial charge in [-0.25, -0.2) is 4.39 Å². The van der Waals surface area contributed by atoms with Crippen molar-refractivity contribution in [3.8, 4) is 12.1 Å². The summed E-state index contributed by atoms with van der Waals surface area (Å²) in [5.74, 6) is 0.713. The Bertz CT molecular complexity index is 1740. The highest BCUT2D eigenvalue weighted by Crippen LogP contribution is 2.37. The molecular weight excluding hydrogens is 643 g/mol. The Morgan fingerprint density at radius 3 is 2.69 bits per heavy atom. The van der Waals surface area contributed by atoms with Crippen molar-refractivity contribution in [1.29, 1.82) is 5.26 Å². The standard InChI is InChI=1S/C37H44ClFN8O2/c1-43-16-4-8-29(43)25-49-37-41-32-24-45(33-10-3-7-26-6-2-9-31(38)35(26)33)19-14-30(32)36(42-37)46-20-21-47(28(23-46)12-15-40)34(48)11-5-17-44-18-13-27(39)22-44/h2-3,5-7,9-11,27-29H,4,8,12-14,16-25H2,1H3/b11-5+/t27?,28-,29-/m0/s1. The number of piperazine rings is 1. The largest absolute Gasteiger partial charge is 0.462 e. The lowest BCUT2D eigenvalue weighted by atomic mass is 10.0. The number of nitrogens with zero attached hydrogens (tertiary/aromatic N) is 8. The highest BCUT2D eigenvalue weighted by Gasteiger charge is 2.34. The van der Waals surface area contributed by atoms with Crippen LogP contribution in [0.25, 0.3) is 10.8 Å². The number of hydrogen-bond acceptors (Lipinski definition) is 9. The van der Waals surface area contributed by atoms with E-state index in [9.17, 15) is 14.4 Å². The van der Waals surface area contributed by atoms with Gasteiger partial charge in [-0.3, -0.25) is 9.69 Å². The lowest BCUT2D eigenvalue weighted by Gasteiger charge is -2.42. The van der Waals surface area contributed by atoms with Crippen LogP contribution < -0.4 is 14.5 Å². The molecule has 4 aliphatic rings. The molecule has 0 saturated carbocycles. The first kappa shape index (κ1) is 33.5. The number of carbonyl (C=O) groups excluding carboxylic acids is 1. The van der Waals surface area contributed by atoms with Crippen LogP contribution >= 0.6 is 11.6 Å². The lowest BCUT2D eigenvalue weighted by molar-refractivity contribution is -0.128. The van der Waals surface area contributed by atoms with Gasteiger partial charge in [0.05, 0.1) is 35.8 Å². The fraction of sp³-hybridized carbons (Fsp3) is 0.514. The number of likely N-dealkylation sites (tertiary alicyclic amines) is 2. The van der Waals surface area contributed by atoms with Crippen LogP contribution in [0.2, 0.25) is 5.02 Å². The summed E-state index contributed by atoms with van der Waals surface area (Å²) in [5.41, 5.74) is 3.08. The SMILES string of the molecule is CN1CCC[C@H]1COc1nc2c(c(N3CCN(C(=O)/C=C/CN4CCC(F)C4)[C@@H](CC#N)C3)n1)CCN(c1cccc3cccc(Cl)c13)C2. The third kappa shape index (κ3) is 7.32. The van der Waals surface area contributed by atoms with E-state index in [2.05, 4.69) is 52.1 Å². The molecule has 258 valence electrons. The number of likely N-dealkylation sites (N-methyl/N-ethyl adjacent to an activating group) is 1. The van der Waals surface area contributed by atoms with Crippen LogP contribution in [0.5, 0.6) is 6.01 Å². The zero-order valence-electron chi connectivity index (χ0n) is 28.1. The minimum absolute atomic E-state index is 0.116. The number of benzene rings is 2. The number of nitriles is 1. The molecule has 0 spiro atoms. The molecule has 1 aromatic heterocycles. The van der Waals surface area contributed by atoms with Gasteiger partial charge in [0.15, 0.2) is 0 Å². The number of aromatic nitrogens is 2. The molecule has 10 nitrogen and oxygen atoms in total. The van der Waals surface area contributed by atoms with Crippen molar-refractivity contribution in [2.75, 3.05) is 75.8 Å². The highest BCUT2D eigenvalue weighted by atomic mass is 35.5. The van der Waals surface area contributed by atoms with E-state index in [0.29, 0.717) is 70.9 Å². The van der Waals surface area contributed by atoms with Crippen LogP contribution in [0.4, 0.5) is 15.9 Å². The molecule has 7 rings (SSSR count). The molecule has 4 aliphatic heterocycles. The van der Waals surface area contributed by atoms with Crippen LogP contribution in [0.15, 0.2) is 48.6 Å². The van der Waals surface area contributed by atoms with Crippen molar-refractivity contribution < 1.29 is 13.9 Å². The molecule has 0 radical (unpaired) electrons. The monoisotopic (exact) mass is 686 g/mol. The molecule has 49 heavy (non-hydrogen) atoms. The average Bonchev–Trinajstić information content (AvgIpc) is 3.73. The van der Waals surface area contributed by atoms with Crippen molar-refractivity contribution in [1.82, 2.24) is 24.7 Å². The number of anilines is 2. The lowest BCUT2D eigenvalue weighted by Crippen LogP contribution is -2.55. The van der Waals surface area contributed by atoms with E-state index in [4.69, 9.17) is 26.3 Å². The van der Waals surface area contributed by atoms with Gasteiger partial charge in [-0.2, -0.15) is 15.2 Å². The Morgan fingerprint density at radius 2 is 1.92 bits per heavy atom. The van der Waals surface area contributed by atoms with Gasteiger partial charge in [0.25, 0.3) is 0 Å². The summed E-state index contributed by atoms with van der Waals surface area (Å²) in [6.07, 6.45) is 6.33. The Balaban J connectivity index is 1.14. The molecule has 3 saturated heterocycles. The number of rotatable bonds is 9. The van der Waals surface area contributed by atoms with E-state index in [0.717, 1.165) is 70.9 Å². The molecule has 3 aromatic rings. The number of fused-ring (bicyclic) bond motifs is 2. The molecule has 0 aliphatic carbocycles. The summed E-state index contributed by atoms with van der Waals surface area (Å²) < 4.78 is 19.9. The van der Waals surface area contributed by atoms with E-state index in [1.165, 1.54) is 0 Å². The van der Waals surface area contributed by atoms with Gasteiger partial charge in [0, 0.05) is 74.6 Å². The molecule has 3 atom stereocenters. The highest BCUT2D eigenvalue weighted by molar-refractivity contribution is 6.36. The number of ether oxygens (including phenoxy) is 1. The molecule has 5 heterocycles. The van der Waals surface area contributed by atoms with E-state index < -0.39 is 6.17 Å². The zero-order chi connectivity index (χ0) is 33.9. The second kappa shape index (κ2) is 14.9. The topological polar surface area (TPSA) is 92.1 Å². The first-order valence-corrected chi connectivity index (χ1v) is 17.9. The second-order valence-corrected chi connectivity index (χ2v) is 14.1. The fourth-order valence-electron chi connectivity index (χ4n) is 7.79. The molecular formula is C37H44ClFN8O2. The van der Waals surface area contributed by atoms with Gasteiger partial charge in [0.2, 0.25) is 5.91 Å². The van der Waals surface area contributed by atoms with Crippen LogP contribution in [0.1, 0.15) is 36.9 Å². The smallest absolute Gasteiger partial charge is 0.318 e. The second-order valence-electron chi connectivity index (χ2n) is 13.7. The van der Waals surface area contributed by atoms with Gasteiger partial charge in [-0.05, 0) is 56.8 Å². The normalized spacial score (nSPS) is 23.4. The summed E-state index contributed by atoms with van der Waals surface area (Å²) in [6, 6.07) is 15.0. The van der Waals surface area contributed by atoms with Crippen LogP contribution in [-0.2, 0) is 17.8 Å². The summed E-state index contributed by atoms with van der Waals surface area (Å²) in [5, 5.41) is 12.6. The van der Waals surface area contributed by atoms with Crippen molar-refractivity contribution >= 4 is 39.8 Å². The summed E-state index contributed by atoms with van der Waals surface area (Å²) in [7, 11) is 2.13. The molecule has 12 heteroatoms. The Labute approximate surface area is 292 Å². The van der Waals surface area contributed by atoms with Crippen LogP contribution in [0, 0.1) is 11.3 Å². The minimum Gasteiger partial charge on any atom is -0.462 e. The van der Waals surface area contributed by atoms with E-state index in [1.54, 1.807) is 11.0 Å². The van der Waals surface area contributed by atoms with Crippen molar-refractivity contribution in [3.05, 3.63) is 64.8 Å². The molecule has 0 bridgehead atoms. The van der Waals surface area contributed by atoms with Crippen molar-refractivity contribution in [3.63, 3.8) is 0 Å². The third-order valence-electron chi connectivity index (χ3n) is 10.5. The predicted molar refractivity (Wildman–Crippen MR) is 190 cm³/mol. The summed E-state index contributed by atoms with van der Waals surface area (Å²) in [6.45, 7) is 6.12. The Kier molecular flexibility index (Phi) is 10.2. The quantitative estimate of drug-likeness (QED) is 0.293. The van der Waals surface area contributed by atoms with Gasteiger partial charge < -0.3 is 24.3 Å². The first-order valence-electron chi connectivity index (χ1n) is 17.5. The van der Waals surface area contributed by atoms with E-state index in [-0.39, 0.29) is 18.4 Å². The summed E-state index contributed by atoms with van der Waals surface area (Å²) in [4.78, 5) is 34.0. The van der Waals surface area contributed by atoms with Gasteiger partial charge >= 0.3 is 6.01 Å². The molecule has 0 N–H and O–H groups in total. The average molecular weight is 687 g/mol. The minimum atomic E-state index is -0.792. The summed E-state index contributed by atoms with van der Waals surface area (Å²) >= 11 is 6.73. The maximum absolute atomic E-state index is 13.6. The Morgan fingerprint density at radius 1 is 1.06 bits per heavy atom. The first-order chi connectivity index (χ1) is 23.9. The molecule has 2 aromatic carbocycles. The Hall–Kier alpha value is -3.98. The number of hydrogen-bond donors (Lipinski definition) is 0. The predicted octanol–water partition coefficient (Wildman–Crippen LogP) is 4.85. The van der Waals surface area contributed by atoms with Crippen molar-refractivity contribution in [2.45, 2.75) is 56.9 Å².